The zero-order chi connectivity index (χ0) is 28.8. The first kappa shape index (κ1) is 28.2. The van der Waals surface area contributed by atoms with E-state index in [0.717, 1.165) is 17.6 Å². The Morgan fingerprint density at radius 3 is 2.23 bits per heavy atom. The van der Waals surface area contributed by atoms with E-state index in [2.05, 4.69) is 15.3 Å². The Labute approximate surface area is 231 Å². The Kier molecular flexibility index (Phi) is 7.55. The molecular formula is C26H29ClN6O5S. The zero-order valence-electron chi connectivity index (χ0n) is 22.7. The summed E-state index contributed by atoms with van der Waals surface area (Å²) >= 11 is 6.77. The van der Waals surface area contributed by atoms with Crippen molar-refractivity contribution in [3.8, 4) is 5.88 Å². The van der Waals surface area contributed by atoms with Gasteiger partial charge in [-0.1, -0.05) is 11.6 Å². The van der Waals surface area contributed by atoms with Crippen LogP contribution in [0.15, 0.2) is 29.3 Å². The van der Waals surface area contributed by atoms with Crippen LogP contribution in [0.1, 0.15) is 61.5 Å². The molecule has 4 aromatic rings. The molecule has 11 nitrogen and oxygen atoms in total. The van der Waals surface area contributed by atoms with Gasteiger partial charge in [0.1, 0.15) is 11.1 Å². The van der Waals surface area contributed by atoms with Crippen LogP contribution in [-0.2, 0) is 30.0 Å². The molecule has 0 radical (unpaired) electrons. The molecule has 0 amide bonds. The number of ether oxygens (including phenoxy) is 1. The smallest absolute Gasteiger partial charge is 0.348 e. The van der Waals surface area contributed by atoms with Crippen LogP contribution in [0.3, 0.4) is 0 Å². The summed E-state index contributed by atoms with van der Waals surface area (Å²) in [6.07, 6.45) is 2.61. The Morgan fingerprint density at radius 1 is 1.00 bits per heavy atom. The van der Waals surface area contributed by atoms with Crippen molar-refractivity contribution in [2.75, 3.05) is 6.26 Å². The highest BCUT2D eigenvalue weighted by atomic mass is 35.5. The first-order chi connectivity index (χ1) is 18.2. The van der Waals surface area contributed by atoms with E-state index in [1.54, 1.807) is 32.5 Å². The lowest BCUT2D eigenvalue weighted by atomic mass is 10.0. The third-order valence-corrected chi connectivity index (χ3v) is 7.90. The van der Waals surface area contributed by atoms with Crippen molar-refractivity contribution >= 4 is 33.2 Å². The van der Waals surface area contributed by atoms with Crippen molar-refractivity contribution in [2.24, 2.45) is 7.05 Å². The zero-order valence-corrected chi connectivity index (χ0v) is 24.3. The molecule has 0 fully saturated rings. The van der Waals surface area contributed by atoms with Crippen LogP contribution in [0.5, 0.6) is 5.88 Å². The summed E-state index contributed by atoms with van der Waals surface area (Å²) in [7, 11) is -2.00. The standard InChI is InChI=1S/C26H29ClN6O5S/c1-8-32-25(38-26(35)19-12-31(6)29-16(19)4)22(17(5)30-32)24(34)18-9-10-21(39(7,36)37)20(23(18)27)13-33-15(3)11-14(2)28-33/h9-12H,8,13H2,1-7H3. The summed E-state index contributed by atoms with van der Waals surface area (Å²) in [6, 6.07) is 4.58. The van der Waals surface area contributed by atoms with E-state index in [1.165, 1.54) is 27.7 Å². The summed E-state index contributed by atoms with van der Waals surface area (Å²) in [4.78, 5) is 27.0. The lowest BCUT2D eigenvalue weighted by molar-refractivity contribution is 0.0715. The van der Waals surface area contributed by atoms with Crippen molar-refractivity contribution in [3.63, 3.8) is 0 Å². The minimum atomic E-state index is -3.68. The second-order valence-corrected chi connectivity index (χ2v) is 11.7. The van der Waals surface area contributed by atoms with E-state index in [4.69, 9.17) is 16.3 Å². The fraction of sp³-hybridized carbons (Fsp3) is 0.346. The van der Waals surface area contributed by atoms with E-state index >= 15 is 0 Å². The first-order valence-electron chi connectivity index (χ1n) is 12.1. The Balaban J connectivity index is 1.83. The average molecular weight is 573 g/mol. The minimum absolute atomic E-state index is 0.00344. The van der Waals surface area contributed by atoms with Gasteiger partial charge in [-0.3, -0.25) is 14.2 Å². The number of carbonyl (C=O) groups is 2. The van der Waals surface area contributed by atoms with Gasteiger partial charge in [-0.15, -0.1) is 0 Å². The van der Waals surface area contributed by atoms with Crippen LogP contribution in [0.2, 0.25) is 5.02 Å². The van der Waals surface area contributed by atoms with Crippen LogP contribution in [0.4, 0.5) is 0 Å². The Hall–Kier alpha value is -3.77. The van der Waals surface area contributed by atoms with Gasteiger partial charge in [-0.25, -0.2) is 17.9 Å². The molecule has 4 rings (SSSR count). The molecule has 0 aliphatic carbocycles. The molecule has 0 unspecified atom stereocenters. The number of carbonyl (C=O) groups excluding carboxylic acids is 2. The van der Waals surface area contributed by atoms with E-state index < -0.39 is 21.6 Å². The molecule has 0 aliphatic heterocycles. The van der Waals surface area contributed by atoms with Gasteiger partial charge >= 0.3 is 5.97 Å². The molecule has 0 bridgehead atoms. The quantitative estimate of drug-likeness (QED) is 0.231. The SMILES string of the molecule is CCn1nc(C)c(C(=O)c2ccc(S(C)(=O)=O)c(Cn3nc(C)cc3C)c2Cl)c1OC(=O)c1cn(C)nc1C. The maximum atomic E-state index is 13.9. The van der Waals surface area contributed by atoms with Crippen LogP contribution >= 0.6 is 11.6 Å². The molecule has 1 aromatic carbocycles. The van der Waals surface area contributed by atoms with Gasteiger partial charge in [0.25, 0.3) is 0 Å². The van der Waals surface area contributed by atoms with Crippen LogP contribution in [-0.4, -0.2) is 55.8 Å². The molecule has 0 saturated heterocycles. The number of aryl methyl sites for hydroxylation is 6. The number of sulfone groups is 1. The van der Waals surface area contributed by atoms with E-state index in [-0.39, 0.29) is 44.6 Å². The second kappa shape index (κ2) is 10.4. The van der Waals surface area contributed by atoms with Crippen LogP contribution in [0, 0.1) is 27.7 Å². The number of esters is 1. The monoisotopic (exact) mass is 572 g/mol. The van der Waals surface area contributed by atoms with E-state index in [0.29, 0.717) is 17.9 Å². The van der Waals surface area contributed by atoms with Gasteiger partial charge in [-0.2, -0.15) is 15.3 Å². The molecule has 206 valence electrons. The summed E-state index contributed by atoms with van der Waals surface area (Å²) in [5.41, 5.74) is 2.96. The highest BCUT2D eigenvalue weighted by Crippen LogP contribution is 2.34. The Morgan fingerprint density at radius 2 is 1.69 bits per heavy atom. The summed E-state index contributed by atoms with van der Waals surface area (Å²) in [5.74, 6) is -1.28. The average Bonchev–Trinajstić information content (AvgIpc) is 3.46. The van der Waals surface area contributed by atoms with E-state index in [1.807, 2.05) is 19.9 Å². The van der Waals surface area contributed by atoms with Crippen LogP contribution in [0.25, 0.3) is 0 Å². The highest BCUT2D eigenvalue weighted by Gasteiger charge is 2.30. The van der Waals surface area contributed by atoms with Crippen LogP contribution < -0.4 is 4.74 Å². The van der Waals surface area contributed by atoms with E-state index in [9.17, 15) is 18.0 Å². The predicted molar refractivity (Wildman–Crippen MR) is 144 cm³/mol. The minimum Gasteiger partial charge on any atom is -0.403 e. The summed E-state index contributed by atoms with van der Waals surface area (Å²) in [5, 5.41) is 12.9. The number of ketones is 1. The number of rotatable bonds is 8. The largest absolute Gasteiger partial charge is 0.403 e. The van der Waals surface area contributed by atoms with Crippen molar-refractivity contribution in [3.05, 3.63) is 74.4 Å². The maximum Gasteiger partial charge on any atom is 0.348 e. The highest BCUT2D eigenvalue weighted by molar-refractivity contribution is 7.90. The fourth-order valence-corrected chi connectivity index (χ4v) is 5.77. The van der Waals surface area contributed by atoms with Gasteiger partial charge in [0.15, 0.2) is 9.84 Å². The molecule has 0 aliphatic rings. The third kappa shape index (κ3) is 5.39. The maximum absolute atomic E-state index is 13.9. The van der Waals surface area contributed by atoms with Crippen molar-refractivity contribution < 1.29 is 22.7 Å². The topological polar surface area (TPSA) is 131 Å². The van der Waals surface area contributed by atoms with Gasteiger partial charge in [0, 0.05) is 42.9 Å². The predicted octanol–water partition coefficient (Wildman–Crippen LogP) is 3.62. The number of nitrogens with zero attached hydrogens (tertiary/aromatic N) is 6. The first-order valence-corrected chi connectivity index (χ1v) is 14.4. The number of hydrogen-bond acceptors (Lipinski definition) is 8. The molecule has 13 heteroatoms. The number of aromatic nitrogens is 6. The second-order valence-electron chi connectivity index (χ2n) is 9.36. The van der Waals surface area contributed by atoms with Gasteiger partial charge in [0.2, 0.25) is 11.7 Å². The van der Waals surface area contributed by atoms with Gasteiger partial charge in [-0.05, 0) is 52.8 Å². The van der Waals surface area contributed by atoms with Crippen molar-refractivity contribution in [1.29, 1.82) is 0 Å². The van der Waals surface area contributed by atoms with Gasteiger partial charge < -0.3 is 4.74 Å². The molecule has 0 atom stereocenters. The fourth-order valence-electron chi connectivity index (χ4n) is 4.48. The molecule has 3 heterocycles. The summed E-state index contributed by atoms with van der Waals surface area (Å²) in [6.45, 7) is 9.14. The molecule has 39 heavy (non-hydrogen) atoms. The normalized spacial score (nSPS) is 11.7. The lowest BCUT2D eigenvalue weighted by Gasteiger charge is -2.15. The lowest BCUT2D eigenvalue weighted by Crippen LogP contribution is -2.16. The number of halogens is 1. The molecular weight excluding hydrogens is 544 g/mol. The third-order valence-electron chi connectivity index (χ3n) is 6.29. The molecule has 0 N–H and O–H groups in total. The molecule has 0 saturated carbocycles. The summed E-state index contributed by atoms with van der Waals surface area (Å²) < 4.78 is 35.5. The van der Waals surface area contributed by atoms with Gasteiger partial charge in [0.05, 0.1) is 33.5 Å². The van der Waals surface area contributed by atoms with Crippen molar-refractivity contribution in [2.45, 2.75) is 52.6 Å². The molecule has 3 aromatic heterocycles. The number of benzene rings is 1. The number of hydrogen-bond donors (Lipinski definition) is 0. The Bertz CT molecular complexity index is 1730. The van der Waals surface area contributed by atoms with Crippen molar-refractivity contribution in [1.82, 2.24) is 29.3 Å². The molecule has 0 spiro atoms.